The molecule has 1 aromatic heterocycles. The summed E-state index contributed by atoms with van der Waals surface area (Å²) in [5.41, 5.74) is 2.38. The number of rotatable bonds is 3. The fourth-order valence-corrected chi connectivity index (χ4v) is 2.71. The maximum absolute atomic E-state index is 12.4. The van der Waals surface area contributed by atoms with Gasteiger partial charge in [0.15, 0.2) is 0 Å². The molecule has 0 atom stereocenters. The number of hydrogen-bond acceptors (Lipinski definition) is 3. The normalized spacial score (nSPS) is 15.6. The molecular formula is C14H20N2O3. The Balaban J connectivity index is 2.60. The maximum Gasteiger partial charge on any atom is 0.308 e. The van der Waals surface area contributed by atoms with Gasteiger partial charge in [-0.3, -0.25) is 9.59 Å². The zero-order valence-electron chi connectivity index (χ0n) is 11.6. The monoisotopic (exact) mass is 264 g/mol. The Morgan fingerprint density at radius 3 is 2.74 bits per heavy atom. The van der Waals surface area contributed by atoms with Gasteiger partial charge in [0.05, 0.1) is 6.42 Å². The lowest BCUT2D eigenvalue weighted by Crippen LogP contribution is -2.36. The van der Waals surface area contributed by atoms with E-state index in [1.165, 1.54) is 0 Å². The quantitative estimate of drug-likeness (QED) is 0.886. The van der Waals surface area contributed by atoms with Crippen LogP contribution < -0.4 is 5.56 Å². The van der Waals surface area contributed by atoms with Gasteiger partial charge in [0, 0.05) is 36.8 Å². The van der Waals surface area contributed by atoms with Gasteiger partial charge in [0.1, 0.15) is 0 Å². The van der Waals surface area contributed by atoms with Crippen molar-refractivity contribution >= 4 is 5.97 Å². The molecule has 1 aliphatic rings. The second-order valence-electron chi connectivity index (χ2n) is 5.47. The maximum atomic E-state index is 12.4. The van der Waals surface area contributed by atoms with Crippen molar-refractivity contribution in [2.75, 3.05) is 13.6 Å². The van der Waals surface area contributed by atoms with Crippen LogP contribution in [0.3, 0.4) is 0 Å². The number of pyridine rings is 1. The number of carbonyl (C=O) groups is 1. The van der Waals surface area contributed by atoms with Crippen LogP contribution in [0.25, 0.3) is 0 Å². The average Bonchev–Trinajstić information content (AvgIpc) is 2.29. The number of fused-ring (bicyclic) bond motifs is 1. The SMILES string of the molecule is CC(C)n1c2c(cc(CC(=O)O)c1=O)CN(C)CC2. The van der Waals surface area contributed by atoms with Crippen LogP contribution >= 0.6 is 0 Å². The Bertz CT molecular complexity index is 561. The predicted octanol–water partition coefficient (Wildman–Crippen LogP) is 1.04. The minimum Gasteiger partial charge on any atom is -0.481 e. The zero-order valence-corrected chi connectivity index (χ0v) is 11.6. The van der Waals surface area contributed by atoms with E-state index in [9.17, 15) is 9.59 Å². The van der Waals surface area contributed by atoms with Crippen LogP contribution in [-0.2, 0) is 24.2 Å². The van der Waals surface area contributed by atoms with E-state index < -0.39 is 5.97 Å². The van der Waals surface area contributed by atoms with Gasteiger partial charge in [-0.25, -0.2) is 0 Å². The summed E-state index contributed by atoms with van der Waals surface area (Å²) in [6, 6.07) is 1.83. The van der Waals surface area contributed by atoms with Crippen molar-refractivity contribution in [1.82, 2.24) is 9.47 Å². The fourth-order valence-electron chi connectivity index (χ4n) is 2.71. The summed E-state index contributed by atoms with van der Waals surface area (Å²) in [6.07, 6.45) is 0.634. The van der Waals surface area contributed by atoms with Crippen LogP contribution in [0, 0.1) is 0 Å². The molecule has 0 spiro atoms. The minimum atomic E-state index is -0.962. The van der Waals surface area contributed by atoms with Crippen molar-refractivity contribution in [3.05, 3.63) is 33.2 Å². The number of carboxylic acid groups (broad SMARTS) is 1. The largest absolute Gasteiger partial charge is 0.481 e. The molecule has 5 heteroatoms. The minimum absolute atomic E-state index is 0.0541. The number of aliphatic carboxylic acids is 1. The lowest BCUT2D eigenvalue weighted by molar-refractivity contribution is -0.136. The van der Waals surface area contributed by atoms with Gasteiger partial charge in [-0.2, -0.15) is 0 Å². The van der Waals surface area contributed by atoms with E-state index in [-0.39, 0.29) is 18.0 Å². The first-order valence-corrected chi connectivity index (χ1v) is 6.56. The lowest BCUT2D eigenvalue weighted by Gasteiger charge is -2.29. The van der Waals surface area contributed by atoms with E-state index >= 15 is 0 Å². The van der Waals surface area contributed by atoms with E-state index in [2.05, 4.69) is 4.90 Å². The van der Waals surface area contributed by atoms with E-state index in [0.29, 0.717) is 5.56 Å². The first-order chi connectivity index (χ1) is 8.90. The molecule has 2 heterocycles. The zero-order chi connectivity index (χ0) is 14.2. The van der Waals surface area contributed by atoms with Crippen molar-refractivity contribution < 1.29 is 9.90 Å². The van der Waals surface area contributed by atoms with Gasteiger partial charge < -0.3 is 14.6 Å². The summed E-state index contributed by atoms with van der Waals surface area (Å²) >= 11 is 0. The number of likely N-dealkylation sites (N-methyl/N-ethyl adjacent to an activating group) is 1. The number of nitrogens with zero attached hydrogens (tertiary/aromatic N) is 2. The van der Waals surface area contributed by atoms with Crippen molar-refractivity contribution in [2.24, 2.45) is 0 Å². The second kappa shape index (κ2) is 5.17. The van der Waals surface area contributed by atoms with E-state index in [1.54, 1.807) is 10.6 Å². The van der Waals surface area contributed by atoms with Gasteiger partial charge in [-0.1, -0.05) is 0 Å². The summed E-state index contributed by atoms with van der Waals surface area (Å²) in [6.45, 7) is 5.63. The van der Waals surface area contributed by atoms with Crippen molar-refractivity contribution in [3.63, 3.8) is 0 Å². The molecule has 0 saturated heterocycles. The molecular weight excluding hydrogens is 244 g/mol. The molecule has 1 aliphatic heterocycles. The molecule has 0 bridgehead atoms. The van der Waals surface area contributed by atoms with Gasteiger partial charge in [-0.15, -0.1) is 0 Å². The van der Waals surface area contributed by atoms with Gasteiger partial charge >= 0.3 is 5.97 Å². The highest BCUT2D eigenvalue weighted by Crippen LogP contribution is 2.20. The Morgan fingerprint density at radius 1 is 1.47 bits per heavy atom. The van der Waals surface area contributed by atoms with Crippen LogP contribution in [0.1, 0.15) is 36.7 Å². The first-order valence-electron chi connectivity index (χ1n) is 6.56. The van der Waals surface area contributed by atoms with Crippen molar-refractivity contribution in [3.8, 4) is 0 Å². The molecule has 0 aromatic carbocycles. The summed E-state index contributed by atoms with van der Waals surface area (Å²) in [5.74, 6) is -0.962. The highest BCUT2D eigenvalue weighted by atomic mass is 16.4. The fraction of sp³-hybridized carbons (Fsp3) is 0.571. The molecule has 0 aliphatic carbocycles. The molecule has 0 amide bonds. The first kappa shape index (κ1) is 13.8. The second-order valence-corrected chi connectivity index (χ2v) is 5.47. The molecule has 0 radical (unpaired) electrons. The summed E-state index contributed by atoms with van der Waals surface area (Å²) in [7, 11) is 2.03. The van der Waals surface area contributed by atoms with E-state index in [0.717, 1.165) is 30.8 Å². The van der Waals surface area contributed by atoms with Crippen LogP contribution in [0.4, 0.5) is 0 Å². The highest BCUT2D eigenvalue weighted by Gasteiger charge is 2.21. The number of hydrogen-bond donors (Lipinski definition) is 1. The Labute approximate surface area is 112 Å². The molecule has 0 fully saturated rings. The average molecular weight is 264 g/mol. The van der Waals surface area contributed by atoms with Crippen molar-refractivity contribution in [2.45, 2.75) is 39.3 Å². The lowest BCUT2D eigenvalue weighted by atomic mass is 10.0. The van der Waals surface area contributed by atoms with E-state index in [4.69, 9.17) is 5.11 Å². The molecule has 19 heavy (non-hydrogen) atoms. The smallest absolute Gasteiger partial charge is 0.308 e. The van der Waals surface area contributed by atoms with Crippen LogP contribution in [0.2, 0.25) is 0 Å². The third-order valence-electron chi connectivity index (χ3n) is 3.53. The third-order valence-corrected chi connectivity index (χ3v) is 3.53. The topological polar surface area (TPSA) is 62.5 Å². The van der Waals surface area contributed by atoms with Gasteiger partial charge in [0.25, 0.3) is 5.56 Å². The molecule has 5 nitrogen and oxygen atoms in total. The summed E-state index contributed by atoms with van der Waals surface area (Å²) < 4.78 is 1.76. The number of carboxylic acids is 1. The Hall–Kier alpha value is -1.62. The van der Waals surface area contributed by atoms with Crippen molar-refractivity contribution in [1.29, 1.82) is 0 Å². The Morgan fingerprint density at radius 2 is 2.16 bits per heavy atom. The van der Waals surface area contributed by atoms with Gasteiger partial charge in [0.2, 0.25) is 0 Å². The highest BCUT2D eigenvalue weighted by molar-refractivity contribution is 5.70. The molecule has 104 valence electrons. The predicted molar refractivity (Wildman–Crippen MR) is 72.5 cm³/mol. The summed E-state index contributed by atoms with van der Waals surface area (Å²) in [5, 5.41) is 8.92. The third kappa shape index (κ3) is 2.71. The molecule has 2 rings (SSSR count). The molecule has 0 saturated carbocycles. The molecule has 1 aromatic rings. The van der Waals surface area contributed by atoms with Crippen LogP contribution in [-0.4, -0.2) is 34.1 Å². The molecule has 1 N–H and O–H groups in total. The summed E-state index contributed by atoms with van der Waals surface area (Å²) in [4.78, 5) is 25.4. The standard InChI is InChI=1S/C14H20N2O3/c1-9(2)16-12-4-5-15(3)8-11(12)6-10(14(16)19)7-13(17)18/h6,9H,4-5,7-8H2,1-3H3,(H,17,18). The van der Waals surface area contributed by atoms with Crippen LogP contribution in [0.5, 0.6) is 0 Å². The molecule has 0 unspecified atom stereocenters. The van der Waals surface area contributed by atoms with E-state index in [1.807, 2.05) is 20.9 Å². The van der Waals surface area contributed by atoms with Crippen LogP contribution in [0.15, 0.2) is 10.9 Å². The Kier molecular flexibility index (Phi) is 3.75. The van der Waals surface area contributed by atoms with Gasteiger partial charge in [-0.05, 0) is 32.5 Å². The number of aromatic nitrogens is 1.